The van der Waals surface area contributed by atoms with Crippen molar-refractivity contribution in [2.45, 2.75) is 26.2 Å². The number of nitrogens with one attached hydrogen (secondary N) is 2. The first-order valence-corrected chi connectivity index (χ1v) is 7.41. The fourth-order valence-electron chi connectivity index (χ4n) is 2.95. The van der Waals surface area contributed by atoms with Gasteiger partial charge in [-0.1, -0.05) is 12.1 Å². The normalized spacial score (nSPS) is 16.5. The van der Waals surface area contributed by atoms with Crippen LogP contribution in [0.25, 0.3) is 0 Å². The molecule has 2 N–H and O–H groups in total. The van der Waals surface area contributed by atoms with E-state index in [-0.39, 0.29) is 18.2 Å². The lowest BCUT2D eigenvalue weighted by Crippen LogP contribution is -2.30. The molecule has 4 nitrogen and oxygen atoms in total. The van der Waals surface area contributed by atoms with Crippen LogP contribution in [0.3, 0.4) is 0 Å². The second-order valence-corrected chi connectivity index (χ2v) is 5.90. The molecule has 1 atom stereocenters. The summed E-state index contributed by atoms with van der Waals surface area (Å²) in [7, 11) is 0. The molecule has 0 saturated heterocycles. The fourth-order valence-corrected chi connectivity index (χ4v) is 2.95. The minimum absolute atomic E-state index is 0.0509. The van der Waals surface area contributed by atoms with Crippen LogP contribution in [0.5, 0.6) is 0 Å². The molecule has 0 aliphatic carbocycles. The molecule has 23 heavy (non-hydrogen) atoms. The Kier molecular flexibility index (Phi) is 3.86. The molecule has 2 aromatic carbocycles. The van der Waals surface area contributed by atoms with Gasteiger partial charge in [-0.25, -0.2) is 4.39 Å². The molecular formula is C18H17FN2O2. The van der Waals surface area contributed by atoms with Gasteiger partial charge < -0.3 is 10.6 Å². The molecule has 0 saturated carbocycles. The van der Waals surface area contributed by atoms with Crippen LogP contribution in [-0.4, -0.2) is 11.8 Å². The van der Waals surface area contributed by atoms with E-state index in [1.165, 1.54) is 12.1 Å². The zero-order chi connectivity index (χ0) is 16.6. The topological polar surface area (TPSA) is 58.2 Å². The quantitative estimate of drug-likeness (QED) is 0.891. The Morgan fingerprint density at radius 1 is 1.17 bits per heavy atom. The number of benzene rings is 2. The van der Waals surface area contributed by atoms with Gasteiger partial charge in [0.2, 0.25) is 11.8 Å². The third kappa shape index (κ3) is 3.23. The molecule has 2 aromatic rings. The predicted octanol–water partition coefficient (Wildman–Crippen LogP) is 3.51. The summed E-state index contributed by atoms with van der Waals surface area (Å²) >= 11 is 0. The van der Waals surface area contributed by atoms with Gasteiger partial charge in [0.1, 0.15) is 5.82 Å². The maximum Gasteiger partial charge on any atom is 0.232 e. The molecule has 1 aliphatic heterocycles. The van der Waals surface area contributed by atoms with Crippen LogP contribution in [0.1, 0.15) is 29.0 Å². The SMILES string of the molecule is Cc1cc(C)cc(NC(=O)[C@H]2CC(=O)Nc3cc(F)ccc32)c1. The van der Waals surface area contributed by atoms with Crippen LogP contribution < -0.4 is 10.6 Å². The molecule has 1 heterocycles. The van der Waals surface area contributed by atoms with Crippen molar-refractivity contribution in [1.29, 1.82) is 0 Å². The third-order valence-corrected chi connectivity index (χ3v) is 3.86. The average molecular weight is 312 g/mol. The highest BCUT2D eigenvalue weighted by Crippen LogP contribution is 2.33. The van der Waals surface area contributed by atoms with Crippen molar-refractivity contribution in [3.8, 4) is 0 Å². The van der Waals surface area contributed by atoms with Gasteiger partial charge in [-0.3, -0.25) is 9.59 Å². The van der Waals surface area contributed by atoms with E-state index in [0.717, 1.165) is 11.1 Å². The van der Waals surface area contributed by atoms with E-state index in [4.69, 9.17) is 0 Å². The van der Waals surface area contributed by atoms with Crippen molar-refractivity contribution in [2.24, 2.45) is 0 Å². The molecule has 0 fully saturated rings. The highest BCUT2D eigenvalue weighted by Gasteiger charge is 2.31. The number of fused-ring (bicyclic) bond motifs is 1. The summed E-state index contributed by atoms with van der Waals surface area (Å²) in [5.41, 5.74) is 3.78. The van der Waals surface area contributed by atoms with Gasteiger partial charge in [-0.15, -0.1) is 0 Å². The van der Waals surface area contributed by atoms with Gasteiger partial charge in [0.15, 0.2) is 0 Å². The number of carbonyl (C=O) groups is 2. The minimum Gasteiger partial charge on any atom is -0.326 e. The largest absolute Gasteiger partial charge is 0.326 e. The Morgan fingerprint density at radius 2 is 1.87 bits per heavy atom. The number of anilines is 2. The molecule has 0 bridgehead atoms. The highest BCUT2D eigenvalue weighted by molar-refractivity contribution is 6.05. The molecule has 3 rings (SSSR count). The smallest absolute Gasteiger partial charge is 0.232 e. The van der Waals surface area contributed by atoms with E-state index in [2.05, 4.69) is 10.6 Å². The molecular weight excluding hydrogens is 295 g/mol. The number of aryl methyl sites for hydroxylation is 2. The number of hydrogen-bond acceptors (Lipinski definition) is 2. The number of carbonyl (C=O) groups excluding carboxylic acids is 2. The lowest BCUT2D eigenvalue weighted by molar-refractivity contribution is -0.123. The molecule has 0 spiro atoms. The first kappa shape index (κ1) is 15.2. The number of rotatable bonds is 2. The molecule has 1 aliphatic rings. The molecule has 5 heteroatoms. The van der Waals surface area contributed by atoms with Crippen LogP contribution in [0.15, 0.2) is 36.4 Å². The number of halogens is 1. The van der Waals surface area contributed by atoms with E-state index in [1.54, 1.807) is 6.07 Å². The Hall–Kier alpha value is -2.69. The molecule has 0 aromatic heterocycles. The van der Waals surface area contributed by atoms with Gasteiger partial charge in [-0.05, 0) is 54.8 Å². The molecule has 2 amide bonds. The molecule has 0 unspecified atom stereocenters. The van der Waals surface area contributed by atoms with E-state index < -0.39 is 11.7 Å². The second kappa shape index (κ2) is 5.83. The van der Waals surface area contributed by atoms with E-state index in [9.17, 15) is 14.0 Å². The molecule has 118 valence electrons. The first-order valence-electron chi connectivity index (χ1n) is 7.41. The van der Waals surface area contributed by atoms with E-state index >= 15 is 0 Å². The Bertz CT molecular complexity index is 781. The number of amides is 2. The van der Waals surface area contributed by atoms with Gasteiger partial charge >= 0.3 is 0 Å². The lowest BCUT2D eigenvalue weighted by Gasteiger charge is -2.25. The molecule has 0 radical (unpaired) electrons. The Morgan fingerprint density at radius 3 is 2.57 bits per heavy atom. The van der Waals surface area contributed by atoms with Crippen molar-refractivity contribution >= 4 is 23.2 Å². The summed E-state index contributed by atoms with van der Waals surface area (Å²) in [4.78, 5) is 24.4. The van der Waals surface area contributed by atoms with Crippen LogP contribution in [0.4, 0.5) is 15.8 Å². The summed E-state index contributed by atoms with van der Waals surface area (Å²) in [6, 6.07) is 9.85. The van der Waals surface area contributed by atoms with Gasteiger partial charge in [0, 0.05) is 17.8 Å². The van der Waals surface area contributed by atoms with E-state index in [0.29, 0.717) is 16.9 Å². The Labute approximate surface area is 133 Å². The van der Waals surface area contributed by atoms with Gasteiger partial charge in [-0.2, -0.15) is 0 Å². The minimum atomic E-state index is -0.625. The summed E-state index contributed by atoms with van der Waals surface area (Å²) in [5, 5.41) is 5.47. The lowest BCUT2D eigenvalue weighted by atomic mass is 9.89. The predicted molar refractivity (Wildman–Crippen MR) is 86.9 cm³/mol. The summed E-state index contributed by atoms with van der Waals surface area (Å²) < 4.78 is 13.3. The number of hydrogen-bond donors (Lipinski definition) is 2. The van der Waals surface area contributed by atoms with Crippen molar-refractivity contribution < 1.29 is 14.0 Å². The van der Waals surface area contributed by atoms with E-state index in [1.807, 2.05) is 32.0 Å². The second-order valence-electron chi connectivity index (χ2n) is 5.90. The maximum absolute atomic E-state index is 13.3. The summed E-state index contributed by atoms with van der Waals surface area (Å²) in [5.74, 6) is -1.62. The third-order valence-electron chi connectivity index (χ3n) is 3.86. The van der Waals surface area contributed by atoms with Gasteiger partial charge in [0.05, 0.1) is 5.92 Å². The first-order chi connectivity index (χ1) is 10.9. The van der Waals surface area contributed by atoms with Crippen molar-refractivity contribution in [3.63, 3.8) is 0 Å². The highest BCUT2D eigenvalue weighted by atomic mass is 19.1. The van der Waals surface area contributed by atoms with Gasteiger partial charge in [0.25, 0.3) is 0 Å². The van der Waals surface area contributed by atoms with Crippen LogP contribution >= 0.6 is 0 Å². The fraction of sp³-hybridized carbons (Fsp3) is 0.222. The van der Waals surface area contributed by atoms with Crippen LogP contribution in [0.2, 0.25) is 0 Å². The van der Waals surface area contributed by atoms with Crippen LogP contribution in [0, 0.1) is 19.7 Å². The van der Waals surface area contributed by atoms with Crippen molar-refractivity contribution in [1.82, 2.24) is 0 Å². The zero-order valence-corrected chi connectivity index (χ0v) is 12.9. The summed E-state index contributed by atoms with van der Waals surface area (Å²) in [6.45, 7) is 3.91. The monoisotopic (exact) mass is 312 g/mol. The van der Waals surface area contributed by atoms with Crippen molar-refractivity contribution in [3.05, 3.63) is 58.9 Å². The zero-order valence-electron chi connectivity index (χ0n) is 12.9. The average Bonchev–Trinajstić information content (AvgIpc) is 2.44. The maximum atomic E-state index is 13.3. The summed E-state index contributed by atoms with van der Waals surface area (Å²) in [6.07, 6.45) is 0.0509. The van der Waals surface area contributed by atoms with Crippen LogP contribution in [-0.2, 0) is 9.59 Å². The van der Waals surface area contributed by atoms with Crippen molar-refractivity contribution in [2.75, 3.05) is 10.6 Å². The standard InChI is InChI=1S/C18H17FN2O2/c1-10-5-11(2)7-13(6-10)20-18(23)15-9-17(22)21-16-8-12(19)3-4-14(15)16/h3-8,15H,9H2,1-2H3,(H,20,23)(H,21,22)/t15-/m0/s1. The Balaban J connectivity index is 1.89.